The van der Waals surface area contributed by atoms with Gasteiger partial charge < -0.3 is 14.9 Å². The maximum Gasteiger partial charge on any atom is 0.435 e. The van der Waals surface area contributed by atoms with Crippen molar-refractivity contribution in [1.29, 1.82) is 0 Å². The summed E-state index contributed by atoms with van der Waals surface area (Å²) < 4.78 is 61.9. The van der Waals surface area contributed by atoms with E-state index in [2.05, 4.69) is 15.5 Å². The molecule has 11 heteroatoms. The van der Waals surface area contributed by atoms with E-state index in [9.17, 15) is 17.6 Å². The van der Waals surface area contributed by atoms with Gasteiger partial charge in [-0.3, -0.25) is 0 Å². The van der Waals surface area contributed by atoms with Gasteiger partial charge in [0.25, 0.3) is 5.60 Å². The number of nitrogens with one attached hydrogen (secondary N) is 1. The van der Waals surface area contributed by atoms with Crippen molar-refractivity contribution >= 4 is 28.9 Å². The van der Waals surface area contributed by atoms with Crippen LogP contribution in [0.3, 0.4) is 0 Å². The lowest BCUT2D eigenvalue weighted by molar-refractivity contribution is -0.275. The Morgan fingerprint density at radius 3 is 2.40 bits per heavy atom. The largest absolute Gasteiger partial charge is 0.435 e. The Balaban J connectivity index is 1.51. The van der Waals surface area contributed by atoms with E-state index in [0.717, 1.165) is 17.7 Å². The molecule has 1 saturated heterocycles. The highest BCUT2D eigenvalue weighted by Crippen LogP contribution is 2.50. The number of pyridine rings is 1. The van der Waals surface area contributed by atoms with E-state index in [4.69, 9.17) is 32.8 Å². The minimum atomic E-state index is -4.87. The van der Waals surface area contributed by atoms with E-state index in [-0.39, 0.29) is 18.0 Å². The number of nitrogens with zero attached hydrogens (tertiary/aromatic N) is 2. The standard InChI is InChI=1S/C19H13Cl2F4N3O2/c20-11-3-9(4-12(21)16(11)22)18(19(23,24)25)5-14(28-30-18)13-2-1-10-15(27-13)6-29-17(10)7-26-8-17/h1-4,26H,5-8H2. The Labute approximate surface area is 178 Å². The second kappa shape index (κ2) is 6.53. The van der Waals surface area contributed by atoms with Crippen molar-refractivity contribution in [3.8, 4) is 0 Å². The van der Waals surface area contributed by atoms with Crippen LogP contribution in [0.25, 0.3) is 0 Å². The molecule has 2 aromatic rings. The molecule has 3 aliphatic rings. The summed E-state index contributed by atoms with van der Waals surface area (Å²) in [4.78, 5) is 9.40. The van der Waals surface area contributed by atoms with Crippen molar-refractivity contribution in [1.82, 2.24) is 10.3 Å². The molecule has 1 spiro atoms. The van der Waals surface area contributed by atoms with Crippen LogP contribution in [-0.4, -0.2) is 30.0 Å². The van der Waals surface area contributed by atoms with Gasteiger partial charge in [0, 0.05) is 24.2 Å². The monoisotopic (exact) mass is 461 g/mol. The highest BCUT2D eigenvalue weighted by atomic mass is 35.5. The number of hydrogen-bond acceptors (Lipinski definition) is 5. The molecule has 0 amide bonds. The van der Waals surface area contributed by atoms with Crippen LogP contribution < -0.4 is 5.32 Å². The zero-order valence-electron chi connectivity index (χ0n) is 15.1. The Hall–Kier alpha value is -1.94. The van der Waals surface area contributed by atoms with Gasteiger partial charge >= 0.3 is 6.18 Å². The number of fused-ring (bicyclic) bond motifs is 2. The molecule has 30 heavy (non-hydrogen) atoms. The zero-order valence-corrected chi connectivity index (χ0v) is 16.6. The Morgan fingerprint density at radius 2 is 1.80 bits per heavy atom. The van der Waals surface area contributed by atoms with E-state index in [1.54, 1.807) is 12.1 Å². The molecule has 1 aromatic heterocycles. The topological polar surface area (TPSA) is 55.7 Å². The minimum Gasteiger partial charge on any atom is -0.374 e. The minimum absolute atomic E-state index is 0.0133. The van der Waals surface area contributed by atoms with E-state index in [1.807, 2.05) is 0 Å². The summed E-state index contributed by atoms with van der Waals surface area (Å²) in [7, 11) is 0. The van der Waals surface area contributed by atoms with Crippen LogP contribution in [0.2, 0.25) is 10.0 Å². The van der Waals surface area contributed by atoms with Crippen molar-refractivity contribution in [2.75, 3.05) is 13.1 Å². The maximum atomic E-state index is 14.1. The first-order chi connectivity index (χ1) is 14.2. The second-order valence-electron chi connectivity index (χ2n) is 7.46. The third-order valence-electron chi connectivity index (χ3n) is 5.70. The molecule has 0 radical (unpaired) electrons. The quantitative estimate of drug-likeness (QED) is 0.530. The molecule has 3 aliphatic heterocycles. The van der Waals surface area contributed by atoms with Gasteiger partial charge in [-0.25, -0.2) is 9.37 Å². The van der Waals surface area contributed by atoms with E-state index >= 15 is 0 Å². The predicted octanol–water partition coefficient (Wildman–Crippen LogP) is 4.44. The molecule has 1 atom stereocenters. The number of aromatic nitrogens is 1. The van der Waals surface area contributed by atoms with Crippen LogP contribution in [0.5, 0.6) is 0 Å². The second-order valence-corrected chi connectivity index (χ2v) is 8.28. The maximum absolute atomic E-state index is 14.1. The molecule has 0 saturated carbocycles. The first-order valence-corrected chi connectivity index (χ1v) is 9.73. The van der Waals surface area contributed by atoms with Crippen LogP contribution >= 0.6 is 23.2 Å². The van der Waals surface area contributed by atoms with E-state index < -0.39 is 45.2 Å². The number of oxime groups is 1. The van der Waals surface area contributed by atoms with Gasteiger partial charge in [0.2, 0.25) is 0 Å². The molecule has 1 N–H and O–H groups in total. The van der Waals surface area contributed by atoms with Crippen LogP contribution in [0.4, 0.5) is 17.6 Å². The number of rotatable bonds is 2. The fraction of sp³-hybridized carbons (Fsp3) is 0.368. The first-order valence-electron chi connectivity index (χ1n) is 8.97. The highest BCUT2D eigenvalue weighted by molar-refractivity contribution is 6.35. The number of halogens is 6. The van der Waals surface area contributed by atoms with Crippen molar-refractivity contribution in [3.63, 3.8) is 0 Å². The summed E-state index contributed by atoms with van der Waals surface area (Å²) in [6.45, 7) is 1.59. The van der Waals surface area contributed by atoms with Crippen molar-refractivity contribution < 1.29 is 27.1 Å². The number of alkyl halides is 3. The summed E-state index contributed by atoms with van der Waals surface area (Å²) in [6, 6.07) is 5.11. The molecule has 1 unspecified atom stereocenters. The molecular formula is C19H13Cl2F4N3O2. The lowest BCUT2D eigenvalue weighted by atomic mass is 9.86. The third-order valence-corrected chi connectivity index (χ3v) is 6.25. The predicted molar refractivity (Wildman–Crippen MR) is 100.0 cm³/mol. The molecule has 5 nitrogen and oxygen atoms in total. The number of benzene rings is 1. The van der Waals surface area contributed by atoms with Crippen molar-refractivity contribution in [2.24, 2.45) is 5.16 Å². The van der Waals surface area contributed by atoms with Gasteiger partial charge in [-0.2, -0.15) is 13.2 Å². The zero-order chi connectivity index (χ0) is 21.3. The Bertz CT molecular complexity index is 1060. The average Bonchev–Trinajstić information content (AvgIpc) is 3.27. The SMILES string of the molecule is Fc1c(Cl)cc(C2(C(F)(F)F)CC(c3ccc4c(n3)COC43CNC3)=NO2)cc1Cl. The Kier molecular flexibility index (Phi) is 4.35. The van der Waals surface area contributed by atoms with Crippen LogP contribution in [0.15, 0.2) is 29.4 Å². The summed E-state index contributed by atoms with van der Waals surface area (Å²) in [5.41, 5.74) is -1.84. The molecule has 0 aliphatic carbocycles. The lowest BCUT2D eigenvalue weighted by Crippen LogP contribution is -2.56. The summed E-state index contributed by atoms with van der Waals surface area (Å²) >= 11 is 11.4. The van der Waals surface area contributed by atoms with Crippen molar-refractivity contribution in [3.05, 3.63) is 62.6 Å². The van der Waals surface area contributed by atoms with E-state index in [0.29, 0.717) is 18.8 Å². The Morgan fingerprint density at radius 1 is 1.10 bits per heavy atom. The van der Waals surface area contributed by atoms with Crippen LogP contribution in [0, 0.1) is 5.82 Å². The molecule has 5 rings (SSSR count). The van der Waals surface area contributed by atoms with Gasteiger partial charge in [-0.1, -0.05) is 34.4 Å². The van der Waals surface area contributed by atoms with Gasteiger partial charge in [0.15, 0.2) is 5.82 Å². The fourth-order valence-corrected chi connectivity index (χ4v) is 4.43. The van der Waals surface area contributed by atoms with E-state index in [1.165, 1.54) is 0 Å². The van der Waals surface area contributed by atoms with Gasteiger partial charge in [0.1, 0.15) is 11.3 Å². The normalized spacial score (nSPS) is 24.4. The molecule has 1 aromatic carbocycles. The lowest BCUT2D eigenvalue weighted by Gasteiger charge is -2.38. The highest BCUT2D eigenvalue weighted by Gasteiger charge is 2.62. The van der Waals surface area contributed by atoms with Gasteiger partial charge in [-0.05, 0) is 18.2 Å². The average molecular weight is 462 g/mol. The number of ether oxygens (including phenoxy) is 1. The summed E-state index contributed by atoms with van der Waals surface area (Å²) in [5.74, 6) is -1.00. The fourth-order valence-electron chi connectivity index (χ4n) is 3.95. The smallest absolute Gasteiger partial charge is 0.374 e. The van der Waals surface area contributed by atoms with Gasteiger partial charge in [-0.15, -0.1) is 0 Å². The molecule has 158 valence electrons. The van der Waals surface area contributed by atoms with Crippen LogP contribution in [-0.2, 0) is 27.4 Å². The molecule has 4 heterocycles. The molecular weight excluding hydrogens is 449 g/mol. The molecule has 0 bridgehead atoms. The van der Waals surface area contributed by atoms with Crippen molar-refractivity contribution in [2.45, 2.75) is 30.4 Å². The third kappa shape index (κ3) is 2.76. The summed E-state index contributed by atoms with van der Waals surface area (Å²) in [6.07, 6.45) is -5.53. The molecule has 1 fully saturated rings. The van der Waals surface area contributed by atoms with Gasteiger partial charge in [0.05, 0.1) is 34.5 Å². The summed E-state index contributed by atoms with van der Waals surface area (Å²) in [5, 5.41) is 5.75. The first kappa shape index (κ1) is 20.0. The van der Waals surface area contributed by atoms with Crippen LogP contribution in [0.1, 0.15) is 28.9 Å². The number of hydrogen-bond donors (Lipinski definition) is 1.